The summed E-state index contributed by atoms with van der Waals surface area (Å²) in [5.74, 6) is 2.64. The van der Waals surface area contributed by atoms with Gasteiger partial charge in [-0.05, 0) is 36.2 Å². The number of fused-ring (bicyclic) bond motifs is 1. The van der Waals surface area contributed by atoms with Gasteiger partial charge in [0.2, 0.25) is 0 Å². The minimum atomic E-state index is 0.631. The second-order valence-electron chi connectivity index (χ2n) is 6.79. The van der Waals surface area contributed by atoms with E-state index < -0.39 is 0 Å². The van der Waals surface area contributed by atoms with Crippen LogP contribution in [0.2, 0.25) is 0 Å². The highest BCUT2D eigenvalue weighted by atomic mass is 16.6. The third-order valence-electron chi connectivity index (χ3n) is 5.04. The molecule has 5 heteroatoms. The molecule has 2 aromatic rings. The number of hydrogen-bond donors (Lipinski definition) is 0. The number of ether oxygens (including phenoxy) is 3. The molecule has 26 heavy (non-hydrogen) atoms. The van der Waals surface area contributed by atoms with Gasteiger partial charge in [-0.1, -0.05) is 12.1 Å². The van der Waals surface area contributed by atoms with Crippen LogP contribution >= 0.6 is 0 Å². The summed E-state index contributed by atoms with van der Waals surface area (Å²) in [7, 11) is 1.70. The molecule has 0 atom stereocenters. The third-order valence-corrected chi connectivity index (χ3v) is 5.04. The summed E-state index contributed by atoms with van der Waals surface area (Å²) in [6.45, 7) is 6.52. The molecule has 0 radical (unpaired) electrons. The van der Waals surface area contributed by atoms with Crippen LogP contribution in [0.3, 0.4) is 0 Å². The number of nitrogens with zero attached hydrogens (tertiary/aromatic N) is 2. The zero-order valence-corrected chi connectivity index (χ0v) is 15.3. The molecule has 0 bridgehead atoms. The molecule has 2 heterocycles. The highest BCUT2D eigenvalue weighted by Crippen LogP contribution is 2.34. The lowest BCUT2D eigenvalue weighted by Crippen LogP contribution is -2.30. The molecule has 2 aliphatic rings. The predicted octanol–water partition coefficient (Wildman–Crippen LogP) is 3.18. The standard InChI is InChI=1S/C21H26N2O3/c1-24-19-6-3-17(4-7-19)16-22-9-2-10-23(12-11-22)18-5-8-20-21(15-18)26-14-13-25-20/h3-8,15H,2,9-14,16H2,1H3. The minimum Gasteiger partial charge on any atom is -0.497 e. The van der Waals surface area contributed by atoms with E-state index in [1.54, 1.807) is 7.11 Å². The third kappa shape index (κ3) is 3.88. The lowest BCUT2D eigenvalue weighted by molar-refractivity contribution is 0.171. The molecular formula is C21H26N2O3. The Balaban J connectivity index is 1.38. The van der Waals surface area contributed by atoms with Crippen LogP contribution in [-0.4, -0.2) is 51.4 Å². The summed E-state index contributed by atoms with van der Waals surface area (Å²) >= 11 is 0. The second kappa shape index (κ2) is 7.87. The van der Waals surface area contributed by atoms with E-state index in [0.29, 0.717) is 13.2 Å². The fourth-order valence-electron chi connectivity index (χ4n) is 3.61. The summed E-state index contributed by atoms with van der Waals surface area (Å²) in [6.07, 6.45) is 1.16. The van der Waals surface area contributed by atoms with Gasteiger partial charge in [0.15, 0.2) is 11.5 Å². The van der Waals surface area contributed by atoms with E-state index in [1.165, 1.54) is 11.3 Å². The summed E-state index contributed by atoms with van der Waals surface area (Å²) in [5.41, 5.74) is 2.55. The van der Waals surface area contributed by atoms with Crippen molar-refractivity contribution in [2.24, 2.45) is 0 Å². The van der Waals surface area contributed by atoms with Gasteiger partial charge in [-0.2, -0.15) is 0 Å². The van der Waals surface area contributed by atoms with Crippen molar-refractivity contribution in [1.29, 1.82) is 0 Å². The van der Waals surface area contributed by atoms with Crippen molar-refractivity contribution in [3.63, 3.8) is 0 Å². The van der Waals surface area contributed by atoms with Gasteiger partial charge in [0.05, 0.1) is 7.11 Å². The summed E-state index contributed by atoms with van der Waals surface area (Å²) in [6, 6.07) is 14.7. The van der Waals surface area contributed by atoms with Crippen LogP contribution in [0.25, 0.3) is 0 Å². The van der Waals surface area contributed by atoms with Crippen LogP contribution in [0.15, 0.2) is 42.5 Å². The topological polar surface area (TPSA) is 34.2 Å². The van der Waals surface area contributed by atoms with Gasteiger partial charge >= 0.3 is 0 Å². The van der Waals surface area contributed by atoms with E-state index in [0.717, 1.165) is 56.4 Å². The number of anilines is 1. The first-order valence-corrected chi connectivity index (χ1v) is 9.32. The van der Waals surface area contributed by atoms with Gasteiger partial charge in [0.25, 0.3) is 0 Å². The first-order chi connectivity index (χ1) is 12.8. The van der Waals surface area contributed by atoms with Gasteiger partial charge in [0.1, 0.15) is 19.0 Å². The Hall–Kier alpha value is -2.40. The minimum absolute atomic E-state index is 0.631. The van der Waals surface area contributed by atoms with Gasteiger partial charge in [0, 0.05) is 44.5 Å². The van der Waals surface area contributed by atoms with Crippen molar-refractivity contribution in [2.75, 3.05) is 51.4 Å². The van der Waals surface area contributed by atoms with Crippen LogP contribution in [0, 0.1) is 0 Å². The Bertz CT molecular complexity index is 733. The van der Waals surface area contributed by atoms with Gasteiger partial charge in [-0.3, -0.25) is 4.90 Å². The number of methoxy groups -OCH3 is 1. The van der Waals surface area contributed by atoms with Crippen LogP contribution in [0.1, 0.15) is 12.0 Å². The first-order valence-electron chi connectivity index (χ1n) is 9.32. The van der Waals surface area contributed by atoms with Crippen molar-refractivity contribution >= 4 is 5.69 Å². The molecule has 0 aromatic heterocycles. The van der Waals surface area contributed by atoms with Crippen molar-refractivity contribution in [1.82, 2.24) is 4.90 Å². The Morgan fingerprint density at radius 1 is 0.885 bits per heavy atom. The monoisotopic (exact) mass is 354 g/mol. The van der Waals surface area contributed by atoms with Gasteiger partial charge in [-0.25, -0.2) is 0 Å². The zero-order valence-electron chi connectivity index (χ0n) is 15.3. The Morgan fingerprint density at radius 3 is 2.50 bits per heavy atom. The van der Waals surface area contributed by atoms with E-state index in [9.17, 15) is 0 Å². The molecule has 2 aromatic carbocycles. The van der Waals surface area contributed by atoms with Crippen LogP contribution < -0.4 is 19.1 Å². The average molecular weight is 354 g/mol. The molecule has 0 N–H and O–H groups in total. The maximum absolute atomic E-state index is 5.73. The highest BCUT2D eigenvalue weighted by Gasteiger charge is 2.18. The van der Waals surface area contributed by atoms with Crippen molar-refractivity contribution in [3.8, 4) is 17.2 Å². The molecule has 0 spiro atoms. The maximum Gasteiger partial charge on any atom is 0.163 e. The summed E-state index contributed by atoms with van der Waals surface area (Å²) in [5, 5.41) is 0. The number of hydrogen-bond acceptors (Lipinski definition) is 5. The fraction of sp³-hybridized carbons (Fsp3) is 0.429. The predicted molar refractivity (Wildman–Crippen MR) is 103 cm³/mol. The quantitative estimate of drug-likeness (QED) is 0.842. The normalized spacial score (nSPS) is 17.7. The largest absolute Gasteiger partial charge is 0.497 e. The molecular weight excluding hydrogens is 328 g/mol. The van der Waals surface area contributed by atoms with E-state index in [2.05, 4.69) is 34.1 Å². The molecule has 1 saturated heterocycles. The zero-order chi connectivity index (χ0) is 17.8. The molecule has 2 aliphatic heterocycles. The van der Waals surface area contributed by atoms with Crippen molar-refractivity contribution in [3.05, 3.63) is 48.0 Å². The molecule has 0 aliphatic carbocycles. The van der Waals surface area contributed by atoms with Crippen molar-refractivity contribution in [2.45, 2.75) is 13.0 Å². The molecule has 4 rings (SSSR count). The molecule has 0 amide bonds. The lowest BCUT2D eigenvalue weighted by Gasteiger charge is -2.26. The molecule has 5 nitrogen and oxygen atoms in total. The summed E-state index contributed by atoms with van der Waals surface area (Å²) in [4.78, 5) is 4.98. The van der Waals surface area contributed by atoms with Crippen molar-refractivity contribution < 1.29 is 14.2 Å². The highest BCUT2D eigenvalue weighted by molar-refractivity contribution is 5.57. The van der Waals surface area contributed by atoms with Crippen LogP contribution in [0.4, 0.5) is 5.69 Å². The van der Waals surface area contributed by atoms with E-state index in [-0.39, 0.29) is 0 Å². The molecule has 0 saturated carbocycles. The van der Waals surface area contributed by atoms with Crippen LogP contribution in [0.5, 0.6) is 17.2 Å². The fourth-order valence-corrected chi connectivity index (χ4v) is 3.61. The smallest absolute Gasteiger partial charge is 0.163 e. The molecule has 138 valence electrons. The number of rotatable bonds is 4. The second-order valence-corrected chi connectivity index (χ2v) is 6.79. The van der Waals surface area contributed by atoms with Crippen LogP contribution in [-0.2, 0) is 6.54 Å². The first kappa shape index (κ1) is 17.0. The SMILES string of the molecule is COc1ccc(CN2CCCN(c3ccc4c(c3)OCCO4)CC2)cc1. The molecule has 0 unspecified atom stereocenters. The lowest BCUT2D eigenvalue weighted by atomic mass is 10.2. The Kier molecular flexibility index (Phi) is 5.16. The van der Waals surface area contributed by atoms with Gasteiger partial charge in [-0.15, -0.1) is 0 Å². The van der Waals surface area contributed by atoms with E-state index >= 15 is 0 Å². The summed E-state index contributed by atoms with van der Waals surface area (Å²) < 4.78 is 16.6. The van der Waals surface area contributed by atoms with Gasteiger partial charge < -0.3 is 19.1 Å². The van der Waals surface area contributed by atoms with E-state index in [4.69, 9.17) is 14.2 Å². The average Bonchev–Trinajstić information content (AvgIpc) is 2.94. The molecule has 1 fully saturated rings. The maximum atomic E-state index is 5.73. The Labute approximate surface area is 155 Å². The van der Waals surface area contributed by atoms with E-state index in [1.807, 2.05) is 18.2 Å². The number of benzene rings is 2. The Morgan fingerprint density at radius 2 is 1.69 bits per heavy atom.